The van der Waals surface area contributed by atoms with Crippen molar-refractivity contribution in [3.8, 4) is 22.6 Å². The molecule has 0 radical (unpaired) electrons. The zero-order chi connectivity index (χ0) is 15.1. The summed E-state index contributed by atoms with van der Waals surface area (Å²) < 4.78 is 5.60. The first-order valence-electron chi connectivity index (χ1n) is 6.53. The monoisotopic (exact) mass is 282 g/mol. The predicted octanol–water partition coefficient (Wildman–Crippen LogP) is 3.49. The normalized spacial score (nSPS) is 11.0. The van der Waals surface area contributed by atoms with Crippen molar-refractivity contribution in [2.24, 2.45) is 0 Å². The van der Waals surface area contributed by atoms with Gasteiger partial charge in [-0.15, -0.1) is 0 Å². The van der Waals surface area contributed by atoms with E-state index < -0.39 is 0 Å². The summed E-state index contributed by atoms with van der Waals surface area (Å²) in [7, 11) is 0. The Morgan fingerprint density at radius 2 is 1.67 bits per heavy atom. The molecule has 0 saturated carbocycles. The quantitative estimate of drug-likeness (QED) is 0.716. The van der Waals surface area contributed by atoms with Gasteiger partial charge in [0.2, 0.25) is 5.43 Å². The van der Waals surface area contributed by atoms with Crippen molar-refractivity contribution in [3.63, 3.8) is 0 Å². The van der Waals surface area contributed by atoms with Crippen LogP contribution >= 0.6 is 0 Å². The van der Waals surface area contributed by atoms with Crippen molar-refractivity contribution in [3.05, 3.63) is 57.9 Å². The minimum absolute atomic E-state index is 0.0788. The molecule has 0 unspecified atom stereocenters. The smallest absolute Gasteiger partial charge is 0.200 e. The second-order valence-electron chi connectivity index (χ2n) is 5.05. The van der Waals surface area contributed by atoms with Crippen LogP contribution in [0.25, 0.3) is 22.1 Å². The average molecular weight is 282 g/mol. The fourth-order valence-electron chi connectivity index (χ4n) is 2.35. The van der Waals surface area contributed by atoms with Crippen LogP contribution in [-0.4, -0.2) is 10.2 Å². The average Bonchev–Trinajstić information content (AvgIpc) is 2.47. The van der Waals surface area contributed by atoms with Gasteiger partial charge in [-0.25, -0.2) is 0 Å². The van der Waals surface area contributed by atoms with Gasteiger partial charge in [0, 0.05) is 0 Å². The van der Waals surface area contributed by atoms with Gasteiger partial charge in [0.05, 0.1) is 10.9 Å². The van der Waals surface area contributed by atoms with E-state index in [1.54, 1.807) is 26.0 Å². The molecular weight excluding hydrogens is 268 g/mol. The van der Waals surface area contributed by atoms with Gasteiger partial charge in [0.15, 0.2) is 0 Å². The molecule has 0 aliphatic rings. The fourth-order valence-corrected chi connectivity index (χ4v) is 2.35. The van der Waals surface area contributed by atoms with Gasteiger partial charge in [0.25, 0.3) is 0 Å². The van der Waals surface area contributed by atoms with Gasteiger partial charge in [-0.2, -0.15) is 0 Å². The number of fused-ring (bicyclic) bond motifs is 1. The van der Waals surface area contributed by atoms with Crippen molar-refractivity contribution in [2.45, 2.75) is 13.8 Å². The summed E-state index contributed by atoms with van der Waals surface area (Å²) >= 11 is 0. The van der Waals surface area contributed by atoms with Gasteiger partial charge in [-0.1, -0.05) is 12.1 Å². The molecule has 0 amide bonds. The number of aryl methyl sites for hydroxylation is 1. The molecule has 0 aliphatic heterocycles. The zero-order valence-electron chi connectivity index (χ0n) is 11.7. The highest BCUT2D eigenvalue weighted by Crippen LogP contribution is 2.29. The summed E-state index contributed by atoms with van der Waals surface area (Å²) in [6.07, 6.45) is 1.42. The summed E-state index contributed by atoms with van der Waals surface area (Å²) in [5.74, 6) is 0.211. The van der Waals surface area contributed by atoms with Crippen molar-refractivity contribution in [2.75, 3.05) is 0 Å². The van der Waals surface area contributed by atoms with E-state index in [9.17, 15) is 15.0 Å². The molecule has 0 spiro atoms. The molecule has 106 valence electrons. The molecule has 4 nitrogen and oxygen atoms in total. The van der Waals surface area contributed by atoms with E-state index >= 15 is 0 Å². The summed E-state index contributed by atoms with van der Waals surface area (Å²) in [5.41, 5.74) is 2.77. The molecule has 4 heteroatoms. The van der Waals surface area contributed by atoms with Crippen LogP contribution < -0.4 is 5.43 Å². The Balaban J connectivity index is 2.33. The van der Waals surface area contributed by atoms with Gasteiger partial charge in [-0.05, 0) is 48.7 Å². The van der Waals surface area contributed by atoms with E-state index in [1.807, 2.05) is 0 Å². The molecule has 21 heavy (non-hydrogen) atoms. The third-order valence-electron chi connectivity index (χ3n) is 3.78. The molecule has 0 atom stereocenters. The largest absolute Gasteiger partial charge is 0.508 e. The SMILES string of the molecule is Cc1c(O)cc2c(=O)c(-c3ccc(O)cc3)coc2c1C. The first-order chi connectivity index (χ1) is 9.99. The third-order valence-corrected chi connectivity index (χ3v) is 3.78. The molecule has 0 bridgehead atoms. The lowest BCUT2D eigenvalue weighted by molar-refractivity contribution is 0.470. The van der Waals surface area contributed by atoms with Crippen LogP contribution in [0.1, 0.15) is 11.1 Å². The minimum Gasteiger partial charge on any atom is -0.508 e. The van der Waals surface area contributed by atoms with Crippen molar-refractivity contribution in [1.82, 2.24) is 0 Å². The van der Waals surface area contributed by atoms with Crippen molar-refractivity contribution >= 4 is 11.0 Å². The Kier molecular flexibility index (Phi) is 2.94. The lowest BCUT2D eigenvalue weighted by atomic mass is 10.0. The number of hydrogen-bond donors (Lipinski definition) is 2. The van der Waals surface area contributed by atoms with Gasteiger partial charge in [-0.3, -0.25) is 4.79 Å². The number of aromatic hydroxyl groups is 2. The first kappa shape index (κ1) is 13.2. The Bertz CT molecular complexity index is 889. The molecule has 1 aromatic heterocycles. The van der Waals surface area contributed by atoms with E-state index in [1.165, 1.54) is 24.5 Å². The second kappa shape index (κ2) is 4.66. The maximum absolute atomic E-state index is 12.6. The van der Waals surface area contributed by atoms with Gasteiger partial charge < -0.3 is 14.6 Å². The van der Waals surface area contributed by atoms with Gasteiger partial charge in [0.1, 0.15) is 23.3 Å². The Hall–Kier alpha value is -2.75. The zero-order valence-corrected chi connectivity index (χ0v) is 11.7. The highest BCUT2D eigenvalue weighted by molar-refractivity contribution is 5.86. The number of hydrogen-bond acceptors (Lipinski definition) is 4. The second-order valence-corrected chi connectivity index (χ2v) is 5.05. The van der Waals surface area contributed by atoms with Crippen LogP contribution in [0.15, 0.2) is 45.8 Å². The van der Waals surface area contributed by atoms with E-state index in [2.05, 4.69) is 0 Å². The van der Waals surface area contributed by atoms with Gasteiger partial charge >= 0.3 is 0 Å². The fraction of sp³-hybridized carbons (Fsp3) is 0.118. The number of rotatable bonds is 1. The van der Waals surface area contributed by atoms with Crippen LogP contribution in [0.3, 0.4) is 0 Å². The van der Waals surface area contributed by atoms with E-state index in [0.29, 0.717) is 27.7 Å². The first-order valence-corrected chi connectivity index (χ1v) is 6.53. The van der Waals surface area contributed by atoms with E-state index in [0.717, 1.165) is 5.56 Å². The molecule has 2 aromatic carbocycles. The van der Waals surface area contributed by atoms with Crippen LogP contribution in [0.2, 0.25) is 0 Å². The third kappa shape index (κ3) is 2.05. The molecule has 0 saturated heterocycles. The van der Waals surface area contributed by atoms with Crippen molar-refractivity contribution in [1.29, 1.82) is 0 Å². The maximum atomic E-state index is 12.6. The highest BCUT2D eigenvalue weighted by Gasteiger charge is 2.14. The van der Waals surface area contributed by atoms with Crippen LogP contribution in [0.5, 0.6) is 11.5 Å². The van der Waals surface area contributed by atoms with E-state index in [4.69, 9.17) is 4.42 Å². The lowest BCUT2D eigenvalue weighted by Crippen LogP contribution is -2.05. The number of benzene rings is 2. The van der Waals surface area contributed by atoms with Crippen LogP contribution in [-0.2, 0) is 0 Å². The number of phenolic OH excluding ortho intramolecular Hbond substituents is 2. The summed E-state index contributed by atoms with van der Waals surface area (Å²) in [5, 5.41) is 19.6. The number of phenols is 2. The van der Waals surface area contributed by atoms with Crippen LogP contribution in [0, 0.1) is 13.8 Å². The predicted molar refractivity (Wildman–Crippen MR) is 80.7 cm³/mol. The molecule has 3 aromatic rings. The summed E-state index contributed by atoms with van der Waals surface area (Å²) in [4.78, 5) is 12.6. The minimum atomic E-state index is -0.208. The highest BCUT2D eigenvalue weighted by atomic mass is 16.3. The molecule has 0 aliphatic carbocycles. The standard InChI is InChI=1S/C17H14O4/c1-9-10(2)17-13(7-15(9)19)16(20)14(8-21-17)11-3-5-12(18)6-4-11/h3-8,18-19H,1-2H3. The maximum Gasteiger partial charge on any atom is 0.200 e. The Morgan fingerprint density at radius 3 is 2.33 bits per heavy atom. The summed E-state index contributed by atoms with van der Waals surface area (Å²) in [6, 6.07) is 7.75. The Morgan fingerprint density at radius 1 is 1.00 bits per heavy atom. The molecule has 2 N–H and O–H groups in total. The lowest BCUT2D eigenvalue weighted by Gasteiger charge is -2.08. The molecule has 1 heterocycles. The molecular formula is C17H14O4. The molecule has 0 fully saturated rings. The molecule has 3 rings (SSSR count). The van der Waals surface area contributed by atoms with Crippen molar-refractivity contribution < 1.29 is 14.6 Å². The van der Waals surface area contributed by atoms with E-state index in [-0.39, 0.29) is 16.9 Å². The Labute approximate surface area is 120 Å². The van der Waals surface area contributed by atoms with Crippen LogP contribution in [0.4, 0.5) is 0 Å². The topological polar surface area (TPSA) is 70.7 Å². The summed E-state index contributed by atoms with van der Waals surface area (Å²) in [6.45, 7) is 3.58.